The molecule has 0 aliphatic rings. The molecule has 1 rings (SSSR count). The van der Waals surface area contributed by atoms with Gasteiger partial charge in [0.1, 0.15) is 6.29 Å². The largest absolute Gasteiger partial charge is 0.391 e. The van der Waals surface area contributed by atoms with Crippen molar-refractivity contribution in [3.05, 3.63) is 35.4 Å². The summed E-state index contributed by atoms with van der Waals surface area (Å²) in [6.45, 7) is 3.59. The van der Waals surface area contributed by atoms with Crippen LogP contribution < -0.4 is 5.32 Å². The number of benzene rings is 1. The number of aliphatic hydroxyl groups is 1. The summed E-state index contributed by atoms with van der Waals surface area (Å²) in [5.74, 6) is -0.284. The van der Waals surface area contributed by atoms with E-state index in [-0.39, 0.29) is 11.9 Å². The van der Waals surface area contributed by atoms with E-state index in [1.807, 2.05) is 6.92 Å². The van der Waals surface area contributed by atoms with Crippen LogP contribution in [0.3, 0.4) is 0 Å². The molecule has 1 aromatic rings. The van der Waals surface area contributed by atoms with Crippen molar-refractivity contribution in [1.29, 1.82) is 0 Å². The van der Waals surface area contributed by atoms with Gasteiger partial charge in [0.25, 0.3) is 5.91 Å². The first-order valence-corrected chi connectivity index (χ1v) is 5.62. The summed E-state index contributed by atoms with van der Waals surface area (Å²) in [6.07, 6.45) is 0.713. The molecule has 0 radical (unpaired) electrons. The van der Waals surface area contributed by atoms with Gasteiger partial charge in [-0.25, -0.2) is 0 Å². The molecule has 1 aromatic carbocycles. The van der Waals surface area contributed by atoms with Crippen molar-refractivity contribution < 1.29 is 14.7 Å². The van der Waals surface area contributed by atoms with E-state index in [0.717, 1.165) is 0 Å². The van der Waals surface area contributed by atoms with E-state index >= 15 is 0 Å². The maximum Gasteiger partial charge on any atom is 0.251 e. The monoisotopic (exact) mass is 235 g/mol. The van der Waals surface area contributed by atoms with Gasteiger partial charge >= 0.3 is 0 Å². The van der Waals surface area contributed by atoms with E-state index in [1.54, 1.807) is 25.1 Å². The molecule has 4 nitrogen and oxygen atoms in total. The lowest BCUT2D eigenvalue weighted by Crippen LogP contribution is -2.40. The number of aliphatic hydroxyl groups excluding tert-OH is 1. The minimum atomic E-state index is -0.562. The number of aldehydes is 1. The second-order valence-corrected chi connectivity index (χ2v) is 3.98. The summed E-state index contributed by atoms with van der Waals surface area (Å²) < 4.78 is 0. The van der Waals surface area contributed by atoms with Gasteiger partial charge in [0.05, 0.1) is 12.1 Å². The molecule has 0 aromatic heterocycles. The van der Waals surface area contributed by atoms with Crippen molar-refractivity contribution in [2.24, 2.45) is 0 Å². The zero-order chi connectivity index (χ0) is 12.8. The number of amides is 1. The Kier molecular flexibility index (Phi) is 4.84. The average Bonchev–Trinajstić information content (AvgIpc) is 2.37. The Bertz CT molecular complexity index is 403. The second-order valence-electron chi connectivity index (χ2n) is 3.98. The third-order valence-electron chi connectivity index (χ3n) is 2.64. The van der Waals surface area contributed by atoms with E-state index in [4.69, 9.17) is 0 Å². The van der Waals surface area contributed by atoms with Crippen LogP contribution in [-0.4, -0.2) is 29.4 Å². The quantitative estimate of drug-likeness (QED) is 0.758. The van der Waals surface area contributed by atoms with Crippen LogP contribution in [-0.2, 0) is 0 Å². The molecule has 4 heteroatoms. The minimum absolute atomic E-state index is 0.284. The standard InChI is InChI=1S/C13H17NO3/c1-3-12(16)9(2)14-13(17)11-6-4-5-10(7-11)8-15/h4-9,12,16H,3H2,1-2H3,(H,14,17). The Balaban J connectivity index is 2.72. The molecule has 0 fully saturated rings. The smallest absolute Gasteiger partial charge is 0.251 e. The Morgan fingerprint density at radius 2 is 2.24 bits per heavy atom. The molecule has 1 amide bonds. The zero-order valence-electron chi connectivity index (χ0n) is 10.0. The maximum atomic E-state index is 11.8. The van der Waals surface area contributed by atoms with Crippen LogP contribution in [0, 0.1) is 0 Å². The summed E-state index contributed by atoms with van der Waals surface area (Å²) in [7, 11) is 0. The third-order valence-corrected chi connectivity index (χ3v) is 2.64. The fraction of sp³-hybridized carbons (Fsp3) is 0.385. The van der Waals surface area contributed by atoms with Gasteiger partial charge in [-0.1, -0.05) is 19.1 Å². The Morgan fingerprint density at radius 1 is 1.53 bits per heavy atom. The molecule has 2 atom stereocenters. The van der Waals surface area contributed by atoms with Crippen molar-refractivity contribution in [1.82, 2.24) is 5.32 Å². The van der Waals surface area contributed by atoms with Crippen LogP contribution >= 0.6 is 0 Å². The fourth-order valence-corrected chi connectivity index (χ4v) is 1.49. The van der Waals surface area contributed by atoms with E-state index in [1.165, 1.54) is 6.07 Å². The number of hydrogen-bond acceptors (Lipinski definition) is 3. The fourth-order valence-electron chi connectivity index (χ4n) is 1.49. The number of rotatable bonds is 5. The Hall–Kier alpha value is -1.68. The molecule has 2 unspecified atom stereocenters. The molecule has 2 N–H and O–H groups in total. The number of carbonyl (C=O) groups excluding carboxylic acids is 2. The highest BCUT2D eigenvalue weighted by Gasteiger charge is 2.15. The molecule has 0 saturated heterocycles. The SMILES string of the molecule is CCC(O)C(C)NC(=O)c1cccc(C=O)c1. The lowest BCUT2D eigenvalue weighted by Gasteiger charge is -2.18. The van der Waals surface area contributed by atoms with Crippen molar-refractivity contribution in [2.45, 2.75) is 32.4 Å². The highest BCUT2D eigenvalue weighted by Crippen LogP contribution is 2.05. The second kappa shape index (κ2) is 6.15. The van der Waals surface area contributed by atoms with E-state index in [0.29, 0.717) is 23.8 Å². The van der Waals surface area contributed by atoms with Gasteiger partial charge in [0, 0.05) is 11.1 Å². The summed E-state index contributed by atoms with van der Waals surface area (Å²) in [5.41, 5.74) is 0.881. The number of carbonyl (C=O) groups is 2. The Morgan fingerprint density at radius 3 is 2.82 bits per heavy atom. The average molecular weight is 235 g/mol. The predicted octanol–water partition coefficient (Wildman–Crippen LogP) is 1.39. The van der Waals surface area contributed by atoms with Crippen molar-refractivity contribution in [3.8, 4) is 0 Å². The van der Waals surface area contributed by atoms with Gasteiger partial charge in [-0.15, -0.1) is 0 Å². The minimum Gasteiger partial charge on any atom is -0.391 e. The topological polar surface area (TPSA) is 66.4 Å². The molecule has 0 bridgehead atoms. The molecule has 0 aliphatic carbocycles. The van der Waals surface area contributed by atoms with Crippen molar-refractivity contribution in [2.75, 3.05) is 0 Å². The lowest BCUT2D eigenvalue weighted by atomic mass is 10.1. The van der Waals surface area contributed by atoms with Crippen LogP contribution in [0.2, 0.25) is 0 Å². The summed E-state index contributed by atoms with van der Waals surface area (Å²) in [5, 5.41) is 12.2. The highest BCUT2D eigenvalue weighted by molar-refractivity contribution is 5.95. The van der Waals surface area contributed by atoms with Gasteiger partial charge in [0.2, 0.25) is 0 Å². The zero-order valence-corrected chi connectivity index (χ0v) is 10.0. The first-order valence-electron chi connectivity index (χ1n) is 5.62. The van der Waals surface area contributed by atoms with Gasteiger partial charge in [-0.2, -0.15) is 0 Å². The molecule has 0 spiro atoms. The molecule has 17 heavy (non-hydrogen) atoms. The molecule has 0 saturated carbocycles. The highest BCUT2D eigenvalue weighted by atomic mass is 16.3. The third kappa shape index (κ3) is 3.67. The van der Waals surface area contributed by atoms with E-state index in [9.17, 15) is 14.7 Å². The van der Waals surface area contributed by atoms with Crippen LogP contribution in [0.1, 0.15) is 41.0 Å². The molecular weight excluding hydrogens is 218 g/mol. The van der Waals surface area contributed by atoms with Gasteiger partial charge in [-0.3, -0.25) is 9.59 Å². The number of hydrogen-bond donors (Lipinski definition) is 2. The van der Waals surface area contributed by atoms with E-state index < -0.39 is 6.10 Å². The first-order chi connectivity index (χ1) is 8.08. The molecular formula is C13H17NO3. The molecule has 0 heterocycles. The van der Waals surface area contributed by atoms with Crippen LogP contribution in [0.4, 0.5) is 0 Å². The van der Waals surface area contributed by atoms with Crippen molar-refractivity contribution in [3.63, 3.8) is 0 Å². The van der Waals surface area contributed by atoms with Crippen LogP contribution in [0.5, 0.6) is 0 Å². The van der Waals surface area contributed by atoms with Crippen LogP contribution in [0.15, 0.2) is 24.3 Å². The normalized spacial score (nSPS) is 13.8. The van der Waals surface area contributed by atoms with Gasteiger partial charge in [-0.05, 0) is 25.5 Å². The number of nitrogens with one attached hydrogen (secondary N) is 1. The Labute approximate surface area is 101 Å². The summed E-state index contributed by atoms with van der Waals surface area (Å²) in [6, 6.07) is 6.13. The summed E-state index contributed by atoms with van der Waals surface area (Å²) in [4.78, 5) is 22.4. The predicted molar refractivity (Wildman–Crippen MR) is 65.1 cm³/mol. The molecule has 0 aliphatic heterocycles. The first kappa shape index (κ1) is 13.4. The summed E-state index contributed by atoms with van der Waals surface area (Å²) >= 11 is 0. The van der Waals surface area contributed by atoms with Crippen LogP contribution in [0.25, 0.3) is 0 Å². The van der Waals surface area contributed by atoms with Gasteiger partial charge < -0.3 is 10.4 Å². The van der Waals surface area contributed by atoms with Gasteiger partial charge in [0.15, 0.2) is 0 Å². The maximum absolute atomic E-state index is 11.8. The molecule has 92 valence electrons. The van der Waals surface area contributed by atoms with Crippen molar-refractivity contribution >= 4 is 12.2 Å². The van der Waals surface area contributed by atoms with E-state index in [2.05, 4.69) is 5.32 Å². The lowest BCUT2D eigenvalue weighted by molar-refractivity contribution is 0.0846.